The van der Waals surface area contributed by atoms with Gasteiger partial charge in [-0.1, -0.05) is 17.4 Å². The summed E-state index contributed by atoms with van der Waals surface area (Å²) in [6.45, 7) is 4.94. The molecule has 0 fully saturated rings. The lowest BCUT2D eigenvalue weighted by Crippen LogP contribution is -2.36. The molecule has 7 heteroatoms. The van der Waals surface area contributed by atoms with Crippen LogP contribution in [0.3, 0.4) is 0 Å². The number of hydrogen-bond acceptors (Lipinski definition) is 4. The van der Waals surface area contributed by atoms with E-state index in [-0.39, 0.29) is 11.4 Å². The van der Waals surface area contributed by atoms with Crippen molar-refractivity contribution in [1.82, 2.24) is 9.88 Å². The van der Waals surface area contributed by atoms with E-state index in [4.69, 9.17) is 0 Å². The van der Waals surface area contributed by atoms with E-state index in [1.807, 2.05) is 45.0 Å². The fraction of sp³-hybridized carbons (Fsp3) is 0.300. The summed E-state index contributed by atoms with van der Waals surface area (Å²) in [6, 6.07) is 7.57. The van der Waals surface area contributed by atoms with Gasteiger partial charge in [0.1, 0.15) is 11.3 Å². The molecule has 3 rings (SSSR count). The van der Waals surface area contributed by atoms with E-state index >= 15 is 0 Å². The molecular formula is C20H21F2N3OS. The molecule has 1 amide bonds. The van der Waals surface area contributed by atoms with Gasteiger partial charge in [-0.25, -0.2) is 13.8 Å². The number of carbonyl (C=O) groups is 1. The minimum atomic E-state index is -0.723. The quantitative estimate of drug-likeness (QED) is 0.649. The van der Waals surface area contributed by atoms with Gasteiger partial charge in [-0.2, -0.15) is 0 Å². The molecule has 142 valence electrons. The number of aryl methyl sites for hydroxylation is 2. The van der Waals surface area contributed by atoms with Gasteiger partial charge >= 0.3 is 0 Å². The van der Waals surface area contributed by atoms with E-state index in [0.717, 1.165) is 28.5 Å². The van der Waals surface area contributed by atoms with Gasteiger partial charge in [0.15, 0.2) is 10.9 Å². The van der Waals surface area contributed by atoms with Crippen molar-refractivity contribution in [1.29, 1.82) is 0 Å². The summed E-state index contributed by atoms with van der Waals surface area (Å²) in [7, 11) is 3.82. The second kappa shape index (κ2) is 7.70. The van der Waals surface area contributed by atoms with Crippen LogP contribution in [0, 0.1) is 25.5 Å². The Kier molecular flexibility index (Phi) is 5.53. The van der Waals surface area contributed by atoms with Crippen LogP contribution in [-0.4, -0.2) is 43.0 Å². The molecule has 27 heavy (non-hydrogen) atoms. The minimum absolute atomic E-state index is 0.0825. The van der Waals surface area contributed by atoms with Crippen LogP contribution in [-0.2, 0) is 0 Å². The summed E-state index contributed by atoms with van der Waals surface area (Å²) < 4.78 is 28.0. The second-order valence-corrected chi connectivity index (χ2v) is 7.80. The molecule has 0 saturated carbocycles. The second-order valence-electron chi connectivity index (χ2n) is 6.79. The predicted molar refractivity (Wildman–Crippen MR) is 106 cm³/mol. The largest absolute Gasteiger partial charge is 0.308 e. The number of benzene rings is 2. The van der Waals surface area contributed by atoms with E-state index in [0.29, 0.717) is 28.5 Å². The fourth-order valence-electron chi connectivity index (χ4n) is 2.68. The van der Waals surface area contributed by atoms with Crippen molar-refractivity contribution in [3.63, 3.8) is 0 Å². The number of nitrogens with zero attached hydrogens (tertiary/aromatic N) is 3. The van der Waals surface area contributed by atoms with Crippen LogP contribution >= 0.6 is 11.3 Å². The number of aromatic nitrogens is 1. The highest BCUT2D eigenvalue weighted by Crippen LogP contribution is 2.32. The molecule has 3 aromatic rings. The Morgan fingerprint density at radius 2 is 1.81 bits per heavy atom. The van der Waals surface area contributed by atoms with Gasteiger partial charge < -0.3 is 4.90 Å². The lowest BCUT2D eigenvalue weighted by Gasteiger charge is -2.22. The van der Waals surface area contributed by atoms with Crippen molar-refractivity contribution in [2.75, 3.05) is 32.1 Å². The van der Waals surface area contributed by atoms with Crippen LogP contribution in [0.25, 0.3) is 10.2 Å². The van der Waals surface area contributed by atoms with Crippen LogP contribution < -0.4 is 4.90 Å². The summed E-state index contributed by atoms with van der Waals surface area (Å²) in [5.41, 5.74) is 2.75. The van der Waals surface area contributed by atoms with E-state index in [2.05, 4.69) is 4.98 Å². The van der Waals surface area contributed by atoms with Crippen LogP contribution in [0.1, 0.15) is 21.5 Å². The fourth-order valence-corrected chi connectivity index (χ4v) is 3.70. The van der Waals surface area contributed by atoms with Gasteiger partial charge in [0.05, 0.1) is 4.70 Å². The zero-order valence-corrected chi connectivity index (χ0v) is 16.5. The zero-order chi connectivity index (χ0) is 19.7. The van der Waals surface area contributed by atoms with Crippen molar-refractivity contribution in [2.24, 2.45) is 0 Å². The summed E-state index contributed by atoms with van der Waals surface area (Å²) >= 11 is 1.11. The molecule has 1 aromatic heterocycles. The summed E-state index contributed by atoms with van der Waals surface area (Å²) in [4.78, 5) is 20.9. The maximum Gasteiger partial charge on any atom is 0.260 e. The Morgan fingerprint density at radius 3 is 2.48 bits per heavy atom. The van der Waals surface area contributed by atoms with Crippen LogP contribution in [0.15, 0.2) is 30.3 Å². The molecule has 0 atom stereocenters. The molecule has 0 N–H and O–H groups in total. The maximum atomic E-state index is 14.1. The van der Waals surface area contributed by atoms with Crippen molar-refractivity contribution in [2.45, 2.75) is 13.8 Å². The topological polar surface area (TPSA) is 36.4 Å². The van der Waals surface area contributed by atoms with Gasteiger partial charge in [-0.3, -0.25) is 9.69 Å². The molecule has 0 spiro atoms. The average Bonchev–Trinajstić information content (AvgIpc) is 3.01. The van der Waals surface area contributed by atoms with Crippen molar-refractivity contribution >= 4 is 32.6 Å². The minimum Gasteiger partial charge on any atom is -0.308 e. The Morgan fingerprint density at radius 1 is 1.07 bits per heavy atom. The lowest BCUT2D eigenvalue weighted by atomic mass is 10.1. The van der Waals surface area contributed by atoms with Gasteiger partial charge in [0.2, 0.25) is 0 Å². The molecule has 0 aliphatic rings. The van der Waals surface area contributed by atoms with E-state index < -0.39 is 11.6 Å². The Balaban J connectivity index is 2.03. The van der Waals surface area contributed by atoms with E-state index in [9.17, 15) is 13.6 Å². The van der Waals surface area contributed by atoms with Crippen molar-refractivity contribution in [3.05, 3.63) is 58.7 Å². The van der Waals surface area contributed by atoms with Crippen LogP contribution in [0.5, 0.6) is 0 Å². The number of halogens is 2. The number of likely N-dealkylation sites (N-methyl/N-ethyl adjacent to an activating group) is 1. The predicted octanol–water partition coefficient (Wildman–Crippen LogP) is 4.40. The van der Waals surface area contributed by atoms with E-state index in [1.165, 1.54) is 11.0 Å². The first kappa shape index (κ1) is 19.4. The van der Waals surface area contributed by atoms with Gasteiger partial charge in [-0.05, 0) is 57.3 Å². The molecule has 0 saturated heterocycles. The first-order valence-corrected chi connectivity index (χ1v) is 9.37. The highest BCUT2D eigenvalue weighted by atomic mass is 32.1. The highest BCUT2D eigenvalue weighted by Gasteiger charge is 2.23. The third kappa shape index (κ3) is 4.14. The molecule has 0 aliphatic heterocycles. The molecule has 0 aliphatic carbocycles. The lowest BCUT2D eigenvalue weighted by molar-refractivity contribution is 0.0985. The normalized spacial score (nSPS) is 11.4. The van der Waals surface area contributed by atoms with Crippen molar-refractivity contribution in [3.8, 4) is 0 Å². The average molecular weight is 389 g/mol. The first-order valence-electron chi connectivity index (χ1n) is 8.55. The molecule has 0 radical (unpaired) electrons. The molecular weight excluding hydrogens is 368 g/mol. The zero-order valence-electron chi connectivity index (χ0n) is 15.7. The van der Waals surface area contributed by atoms with Gasteiger partial charge in [0.25, 0.3) is 5.91 Å². The number of carbonyl (C=O) groups excluding carboxylic acids is 1. The molecule has 2 aromatic carbocycles. The number of thiazole rings is 1. The van der Waals surface area contributed by atoms with Gasteiger partial charge in [0, 0.05) is 24.7 Å². The van der Waals surface area contributed by atoms with Crippen LogP contribution in [0.4, 0.5) is 13.9 Å². The smallest absolute Gasteiger partial charge is 0.260 e. The standard InChI is InChI=1S/C20H21F2N3OS/c1-12-5-6-14(9-13(12)2)19(26)25(8-7-24(3)4)20-23-18-16(22)10-15(21)11-17(18)27-20/h5-6,9-11H,7-8H2,1-4H3. The SMILES string of the molecule is Cc1ccc(C(=O)N(CCN(C)C)c2nc3c(F)cc(F)cc3s2)cc1C. The van der Waals surface area contributed by atoms with E-state index in [1.54, 1.807) is 6.07 Å². The number of rotatable bonds is 5. The van der Waals surface area contributed by atoms with Crippen LogP contribution in [0.2, 0.25) is 0 Å². The Labute approximate surface area is 161 Å². The third-order valence-corrected chi connectivity index (χ3v) is 5.43. The highest BCUT2D eigenvalue weighted by molar-refractivity contribution is 7.22. The van der Waals surface area contributed by atoms with Crippen molar-refractivity contribution < 1.29 is 13.6 Å². The van der Waals surface area contributed by atoms with Gasteiger partial charge in [-0.15, -0.1) is 0 Å². The number of amides is 1. The number of fused-ring (bicyclic) bond motifs is 1. The summed E-state index contributed by atoms with van der Waals surface area (Å²) in [5.74, 6) is -1.59. The maximum absolute atomic E-state index is 14.1. The first-order chi connectivity index (χ1) is 12.8. The monoisotopic (exact) mass is 389 g/mol. The number of anilines is 1. The Hall–Kier alpha value is -2.38. The summed E-state index contributed by atoms with van der Waals surface area (Å²) in [5, 5.41) is 0.361. The molecule has 0 unspecified atom stereocenters. The molecule has 4 nitrogen and oxygen atoms in total. The molecule has 1 heterocycles. The summed E-state index contributed by atoms with van der Waals surface area (Å²) in [6.07, 6.45) is 0. The molecule has 0 bridgehead atoms. The number of hydrogen-bond donors (Lipinski definition) is 0. The third-order valence-electron chi connectivity index (χ3n) is 4.40. The Bertz CT molecular complexity index is 1000.